The Morgan fingerprint density at radius 3 is 2.58 bits per heavy atom. The Labute approximate surface area is 185 Å². The largest absolute Gasteiger partial charge is 0.379 e. The molecular formula is C24H26FN3O2S. The molecule has 1 saturated heterocycles. The number of benzene rings is 2. The summed E-state index contributed by atoms with van der Waals surface area (Å²) in [7, 11) is 0. The Kier molecular flexibility index (Phi) is 7.30. The monoisotopic (exact) mass is 439 g/mol. The van der Waals surface area contributed by atoms with Crippen molar-refractivity contribution in [2.45, 2.75) is 19.1 Å². The van der Waals surface area contributed by atoms with E-state index >= 15 is 0 Å². The summed E-state index contributed by atoms with van der Waals surface area (Å²) in [5, 5.41) is 7.94. The Balaban J connectivity index is 1.36. The van der Waals surface area contributed by atoms with Crippen LogP contribution in [0.2, 0.25) is 0 Å². The maximum absolute atomic E-state index is 13.3. The Hall–Kier alpha value is -2.74. The number of hydrogen-bond donors (Lipinski definition) is 2. The van der Waals surface area contributed by atoms with Gasteiger partial charge >= 0.3 is 6.03 Å². The number of carbonyl (C=O) groups excluding carboxylic acids is 1. The van der Waals surface area contributed by atoms with Gasteiger partial charge in [0.2, 0.25) is 0 Å². The van der Waals surface area contributed by atoms with Gasteiger partial charge in [-0.05, 0) is 40.3 Å². The van der Waals surface area contributed by atoms with E-state index in [2.05, 4.69) is 27.7 Å². The molecule has 162 valence electrons. The molecule has 2 amide bonds. The molecule has 3 aromatic rings. The average Bonchev–Trinajstić information content (AvgIpc) is 3.32. The molecule has 0 aliphatic carbocycles. The zero-order chi connectivity index (χ0) is 21.5. The van der Waals surface area contributed by atoms with Crippen LogP contribution in [0.3, 0.4) is 0 Å². The first-order valence-electron chi connectivity index (χ1n) is 10.4. The molecule has 1 unspecified atom stereocenters. The van der Waals surface area contributed by atoms with E-state index in [1.165, 1.54) is 17.7 Å². The fourth-order valence-electron chi connectivity index (χ4n) is 3.65. The first-order valence-corrected chi connectivity index (χ1v) is 11.3. The highest BCUT2D eigenvalue weighted by molar-refractivity contribution is 7.10. The quantitative estimate of drug-likeness (QED) is 0.577. The van der Waals surface area contributed by atoms with Crippen LogP contribution in [0, 0.1) is 5.82 Å². The maximum atomic E-state index is 13.3. The number of urea groups is 1. The minimum atomic E-state index is -0.326. The van der Waals surface area contributed by atoms with Crippen LogP contribution in [0.1, 0.15) is 27.6 Å². The molecular weight excluding hydrogens is 413 g/mol. The van der Waals surface area contributed by atoms with Crippen molar-refractivity contribution < 1.29 is 13.9 Å². The molecule has 5 nitrogen and oxygen atoms in total. The first-order chi connectivity index (χ1) is 15.2. The number of hydrogen-bond acceptors (Lipinski definition) is 4. The van der Waals surface area contributed by atoms with E-state index in [1.54, 1.807) is 23.5 Å². The molecule has 31 heavy (non-hydrogen) atoms. The number of halogens is 1. The van der Waals surface area contributed by atoms with E-state index in [0.717, 1.165) is 48.9 Å². The number of thiophene rings is 1. The van der Waals surface area contributed by atoms with Crippen LogP contribution >= 0.6 is 11.3 Å². The summed E-state index contributed by atoms with van der Waals surface area (Å²) in [4.78, 5) is 16.0. The molecule has 0 spiro atoms. The van der Waals surface area contributed by atoms with Crippen molar-refractivity contribution in [2.24, 2.45) is 0 Å². The van der Waals surface area contributed by atoms with Crippen molar-refractivity contribution in [2.75, 3.05) is 26.3 Å². The van der Waals surface area contributed by atoms with Crippen molar-refractivity contribution in [1.82, 2.24) is 15.5 Å². The summed E-state index contributed by atoms with van der Waals surface area (Å²) < 4.78 is 18.7. The van der Waals surface area contributed by atoms with Crippen molar-refractivity contribution in [1.29, 1.82) is 0 Å². The predicted molar refractivity (Wildman–Crippen MR) is 120 cm³/mol. The zero-order valence-corrected chi connectivity index (χ0v) is 18.0. The van der Waals surface area contributed by atoms with Gasteiger partial charge in [0, 0.05) is 31.1 Å². The van der Waals surface area contributed by atoms with Crippen LogP contribution in [0.4, 0.5) is 9.18 Å². The second-order valence-electron chi connectivity index (χ2n) is 7.54. The standard InChI is InChI=1S/C24H26FN3O2S/c25-21-8-6-20(7-9-21)23(22-5-2-14-31-22)27-24(29)26-16-18-3-1-4-19(15-18)17-28-10-12-30-13-11-28/h1-9,14-15,23H,10-13,16-17H2,(H2,26,27,29). The zero-order valence-electron chi connectivity index (χ0n) is 17.2. The van der Waals surface area contributed by atoms with Crippen LogP contribution in [0.15, 0.2) is 66.0 Å². The molecule has 7 heteroatoms. The predicted octanol–water partition coefficient (Wildman–Crippen LogP) is 4.31. The van der Waals surface area contributed by atoms with Crippen LogP contribution in [0.25, 0.3) is 0 Å². The lowest BCUT2D eigenvalue weighted by atomic mass is 10.1. The molecule has 2 aromatic carbocycles. The van der Waals surface area contributed by atoms with Crippen LogP contribution in [0.5, 0.6) is 0 Å². The van der Waals surface area contributed by atoms with Crippen LogP contribution in [-0.4, -0.2) is 37.2 Å². The van der Waals surface area contributed by atoms with E-state index < -0.39 is 0 Å². The maximum Gasteiger partial charge on any atom is 0.315 e. The number of amides is 2. The van der Waals surface area contributed by atoms with Crippen molar-refractivity contribution in [3.8, 4) is 0 Å². The molecule has 1 aliphatic rings. The number of ether oxygens (including phenoxy) is 1. The van der Waals surface area contributed by atoms with Crippen molar-refractivity contribution in [3.63, 3.8) is 0 Å². The molecule has 1 aliphatic heterocycles. The van der Waals surface area contributed by atoms with Gasteiger partial charge in [-0.3, -0.25) is 4.90 Å². The third-order valence-electron chi connectivity index (χ3n) is 5.26. The fraction of sp³-hybridized carbons (Fsp3) is 0.292. The molecule has 1 aromatic heterocycles. The third kappa shape index (κ3) is 6.13. The summed E-state index contributed by atoms with van der Waals surface area (Å²) in [6, 6.07) is 17.8. The third-order valence-corrected chi connectivity index (χ3v) is 6.20. The van der Waals surface area contributed by atoms with Crippen LogP contribution in [-0.2, 0) is 17.8 Å². The van der Waals surface area contributed by atoms with E-state index in [9.17, 15) is 9.18 Å². The smallest absolute Gasteiger partial charge is 0.315 e. The van der Waals surface area contributed by atoms with Crippen LogP contribution < -0.4 is 10.6 Å². The Morgan fingerprint density at radius 2 is 1.84 bits per heavy atom. The topological polar surface area (TPSA) is 53.6 Å². The minimum absolute atomic E-state index is 0.263. The molecule has 2 N–H and O–H groups in total. The second kappa shape index (κ2) is 10.5. The molecule has 0 bridgehead atoms. The van der Waals surface area contributed by atoms with E-state index in [1.807, 2.05) is 29.6 Å². The molecule has 4 rings (SSSR count). The lowest BCUT2D eigenvalue weighted by Crippen LogP contribution is -2.38. The molecule has 0 radical (unpaired) electrons. The number of nitrogens with zero attached hydrogens (tertiary/aromatic N) is 1. The SMILES string of the molecule is O=C(NCc1cccc(CN2CCOCC2)c1)NC(c1ccc(F)cc1)c1cccs1. The molecule has 0 saturated carbocycles. The highest BCUT2D eigenvalue weighted by Gasteiger charge is 2.18. The van der Waals surface area contributed by atoms with Gasteiger partial charge < -0.3 is 15.4 Å². The average molecular weight is 440 g/mol. The molecule has 2 heterocycles. The summed E-state index contributed by atoms with van der Waals surface area (Å²) in [5.41, 5.74) is 3.12. The van der Waals surface area contributed by atoms with Gasteiger partial charge in [-0.25, -0.2) is 9.18 Å². The number of rotatable bonds is 7. The lowest BCUT2D eigenvalue weighted by Gasteiger charge is -2.26. The molecule has 1 atom stereocenters. The van der Waals surface area contributed by atoms with E-state index in [4.69, 9.17) is 4.74 Å². The highest BCUT2D eigenvalue weighted by Crippen LogP contribution is 2.26. The van der Waals surface area contributed by atoms with Crippen molar-refractivity contribution in [3.05, 3.63) is 93.4 Å². The van der Waals surface area contributed by atoms with Gasteiger partial charge in [-0.2, -0.15) is 0 Å². The summed E-state index contributed by atoms with van der Waals surface area (Å²) in [6.07, 6.45) is 0. The Bertz CT molecular complexity index is 973. The lowest BCUT2D eigenvalue weighted by molar-refractivity contribution is 0.0342. The van der Waals surface area contributed by atoms with E-state index in [0.29, 0.717) is 6.54 Å². The number of nitrogens with one attached hydrogen (secondary N) is 2. The normalized spacial score (nSPS) is 15.4. The number of carbonyl (C=O) groups is 1. The number of morpholine rings is 1. The van der Waals surface area contributed by atoms with E-state index in [-0.39, 0.29) is 17.9 Å². The second-order valence-corrected chi connectivity index (χ2v) is 8.51. The van der Waals surface area contributed by atoms with Gasteiger partial charge in [0.1, 0.15) is 5.82 Å². The summed E-state index contributed by atoms with van der Waals surface area (Å²) >= 11 is 1.56. The Morgan fingerprint density at radius 1 is 1.06 bits per heavy atom. The van der Waals surface area contributed by atoms with Gasteiger partial charge in [0.25, 0.3) is 0 Å². The summed E-state index contributed by atoms with van der Waals surface area (Å²) in [5.74, 6) is -0.296. The minimum Gasteiger partial charge on any atom is -0.379 e. The van der Waals surface area contributed by atoms with Gasteiger partial charge in [0.05, 0.1) is 19.3 Å². The first kappa shape index (κ1) is 21.5. The van der Waals surface area contributed by atoms with Crippen molar-refractivity contribution >= 4 is 17.4 Å². The summed E-state index contributed by atoms with van der Waals surface area (Å²) in [6.45, 7) is 4.76. The highest BCUT2D eigenvalue weighted by atomic mass is 32.1. The van der Waals surface area contributed by atoms with Gasteiger partial charge in [-0.15, -0.1) is 11.3 Å². The van der Waals surface area contributed by atoms with Gasteiger partial charge in [0.15, 0.2) is 0 Å². The molecule has 1 fully saturated rings. The fourth-order valence-corrected chi connectivity index (χ4v) is 4.45. The van der Waals surface area contributed by atoms with Gasteiger partial charge in [-0.1, -0.05) is 42.5 Å².